The monoisotopic (exact) mass is 316 g/mol. The maximum atomic E-state index is 5.72. The predicted molar refractivity (Wildman–Crippen MR) is 89.5 cm³/mol. The number of pyridine rings is 1. The molecular formula is C18H24N2O3. The van der Waals surface area contributed by atoms with Crippen LogP contribution in [-0.2, 0) is 15.1 Å². The van der Waals surface area contributed by atoms with Crippen molar-refractivity contribution in [1.29, 1.82) is 0 Å². The van der Waals surface area contributed by atoms with Crippen LogP contribution in [0.5, 0.6) is 5.88 Å². The first-order chi connectivity index (χ1) is 11.1. The topological polar surface area (TPSA) is 52.6 Å². The number of likely N-dealkylation sites (N-methyl/N-ethyl adjacent to an activating group) is 1. The molecular weight excluding hydrogens is 292 g/mol. The van der Waals surface area contributed by atoms with E-state index in [1.54, 1.807) is 14.2 Å². The molecule has 0 amide bonds. The van der Waals surface area contributed by atoms with Gasteiger partial charge in [-0.05, 0) is 37.6 Å². The Morgan fingerprint density at radius 3 is 2.70 bits per heavy atom. The summed E-state index contributed by atoms with van der Waals surface area (Å²) >= 11 is 0. The molecule has 124 valence electrons. The molecule has 0 radical (unpaired) electrons. The largest absolute Gasteiger partial charge is 0.481 e. The first-order valence-corrected chi connectivity index (χ1v) is 7.87. The van der Waals surface area contributed by atoms with Gasteiger partial charge in [0.05, 0.1) is 25.9 Å². The lowest BCUT2D eigenvalue weighted by Crippen LogP contribution is -2.48. The van der Waals surface area contributed by atoms with Crippen LogP contribution >= 0.6 is 0 Å². The fraction of sp³-hybridized carbons (Fsp3) is 0.500. The van der Waals surface area contributed by atoms with Crippen LogP contribution in [0.4, 0.5) is 0 Å². The van der Waals surface area contributed by atoms with Gasteiger partial charge in [0, 0.05) is 24.9 Å². The molecule has 0 aromatic carbocycles. The molecule has 2 aliphatic rings. The van der Waals surface area contributed by atoms with Crippen molar-refractivity contribution in [3.63, 3.8) is 0 Å². The molecule has 5 nitrogen and oxygen atoms in total. The number of nitrogens with zero attached hydrogens (tertiary/aromatic N) is 1. The molecule has 23 heavy (non-hydrogen) atoms. The maximum Gasteiger partial charge on any atom is 0.219 e. The Hall–Kier alpha value is -1.69. The fourth-order valence-corrected chi connectivity index (χ4v) is 3.10. The second-order valence-electron chi connectivity index (χ2n) is 6.07. The zero-order valence-electron chi connectivity index (χ0n) is 14.2. The van der Waals surface area contributed by atoms with E-state index in [0.29, 0.717) is 25.1 Å². The van der Waals surface area contributed by atoms with Crippen molar-refractivity contribution >= 4 is 5.57 Å². The van der Waals surface area contributed by atoms with E-state index in [1.807, 2.05) is 13.2 Å². The second kappa shape index (κ2) is 6.43. The SMILES string of the molecule is CNC1C=C(c2cnc(OC)c(C3(OC)COC3)c2)C(C)=CC1. The maximum absolute atomic E-state index is 5.72. The lowest BCUT2D eigenvalue weighted by molar-refractivity contribution is -0.203. The molecule has 3 rings (SSSR count). The number of methoxy groups -OCH3 is 2. The zero-order chi connectivity index (χ0) is 16.4. The highest BCUT2D eigenvalue weighted by Crippen LogP contribution is 2.39. The molecule has 1 aliphatic heterocycles. The highest BCUT2D eigenvalue weighted by Gasteiger charge is 2.43. The number of hydrogen-bond acceptors (Lipinski definition) is 5. The average molecular weight is 316 g/mol. The minimum absolute atomic E-state index is 0.350. The van der Waals surface area contributed by atoms with Crippen LogP contribution < -0.4 is 10.1 Å². The van der Waals surface area contributed by atoms with Crippen LogP contribution in [0.15, 0.2) is 30.0 Å². The van der Waals surface area contributed by atoms with E-state index in [2.05, 4.69) is 35.4 Å². The zero-order valence-corrected chi connectivity index (χ0v) is 14.2. The Kier molecular flexibility index (Phi) is 4.53. The number of allylic oxidation sites excluding steroid dienone is 2. The summed E-state index contributed by atoms with van der Waals surface area (Å²) in [4.78, 5) is 4.51. The molecule has 1 fully saturated rings. The van der Waals surface area contributed by atoms with E-state index in [1.165, 1.54) is 11.1 Å². The first-order valence-electron chi connectivity index (χ1n) is 7.87. The van der Waals surface area contributed by atoms with Gasteiger partial charge in [0.2, 0.25) is 5.88 Å². The summed E-state index contributed by atoms with van der Waals surface area (Å²) in [5.74, 6) is 0.599. The van der Waals surface area contributed by atoms with Gasteiger partial charge in [-0.3, -0.25) is 0 Å². The molecule has 1 aromatic rings. The van der Waals surface area contributed by atoms with Crippen molar-refractivity contribution in [2.24, 2.45) is 0 Å². The number of hydrogen-bond donors (Lipinski definition) is 1. The van der Waals surface area contributed by atoms with E-state index in [-0.39, 0.29) is 0 Å². The van der Waals surface area contributed by atoms with Crippen LogP contribution in [0.1, 0.15) is 24.5 Å². The van der Waals surface area contributed by atoms with Gasteiger partial charge in [-0.25, -0.2) is 4.98 Å². The molecule has 1 atom stereocenters. The first kappa shape index (κ1) is 16.2. The fourth-order valence-electron chi connectivity index (χ4n) is 3.10. The molecule has 0 bridgehead atoms. The van der Waals surface area contributed by atoms with E-state index >= 15 is 0 Å². The number of aromatic nitrogens is 1. The summed E-state index contributed by atoms with van der Waals surface area (Å²) in [5, 5.41) is 3.31. The Bertz CT molecular complexity index is 642. The summed E-state index contributed by atoms with van der Waals surface area (Å²) < 4.78 is 16.5. The number of rotatable bonds is 5. The third kappa shape index (κ3) is 2.80. The van der Waals surface area contributed by atoms with Crippen molar-refractivity contribution in [3.8, 4) is 5.88 Å². The van der Waals surface area contributed by atoms with Gasteiger partial charge >= 0.3 is 0 Å². The Balaban J connectivity index is 2.04. The standard InChI is InChI=1S/C18H24N2O3/c1-12-5-6-14(19-2)8-15(12)13-7-16(17(21-3)20-9-13)18(22-4)10-23-11-18/h5,7-9,14,19H,6,10-11H2,1-4H3. The van der Waals surface area contributed by atoms with Gasteiger partial charge < -0.3 is 19.5 Å². The molecule has 1 N–H and O–H groups in total. The molecule has 0 spiro atoms. The summed E-state index contributed by atoms with van der Waals surface area (Å²) in [6, 6.07) is 2.47. The second-order valence-corrected chi connectivity index (χ2v) is 6.07. The van der Waals surface area contributed by atoms with Gasteiger partial charge in [0.1, 0.15) is 5.60 Å². The van der Waals surface area contributed by atoms with Gasteiger partial charge in [-0.15, -0.1) is 0 Å². The van der Waals surface area contributed by atoms with Crippen molar-refractivity contribution in [1.82, 2.24) is 10.3 Å². The molecule has 1 saturated heterocycles. The van der Waals surface area contributed by atoms with Crippen molar-refractivity contribution in [2.45, 2.75) is 25.0 Å². The van der Waals surface area contributed by atoms with Gasteiger partial charge in [-0.1, -0.05) is 12.2 Å². The molecule has 2 heterocycles. The van der Waals surface area contributed by atoms with E-state index < -0.39 is 5.60 Å². The van der Waals surface area contributed by atoms with E-state index in [4.69, 9.17) is 14.2 Å². The summed E-state index contributed by atoms with van der Waals surface area (Å²) in [6.07, 6.45) is 7.41. The van der Waals surface area contributed by atoms with Gasteiger partial charge in [0.15, 0.2) is 0 Å². The third-order valence-corrected chi connectivity index (χ3v) is 4.75. The van der Waals surface area contributed by atoms with Crippen LogP contribution in [0.2, 0.25) is 0 Å². The molecule has 0 saturated carbocycles. The predicted octanol–water partition coefficient (Wildman–Crippen LogP) is 2.28. The van der Waals surface area contributed by atoms with Crippen molar-refractivity contribution < 1.29 is 14.2 Å². The van der Waals surface area contributed by atoms with Gasteiger partial charge in [-0.2, -0.15) is 0 Å². The molecule has 1 aliphatic carbocycles. The lowest BCUT2D eigenvalue weighted by atomic mass is 9.87. The summed E-state index contributed by atoms with van der Waals surface area (Å²) in [6.45, 7) is 3.19. The number of ether oxygens (including phenoxy) is 3. The minimum atomic E-state index is -0.455. The van der Waals surface area contributed by atoms with Crippen molar-refractivity contribution in [2.75, 3.05) is 34.5 Å². The highest BCUT2D eigenvalue weighted by molar-refractivity contribution is 5.80. The highest BCUT2D eigenvalue weighted by atomic mass is 16.6. The Morgan fingerprint density at radius 1 is 1.35 bits per heavy atom. The molecule has 5 heteroatoms. The molecule has 1 unspecified atom stereocenters. The van der Waals surface area contributed by atoms with Crippen LogP contribution in [-0.4, -0.2) is 45.5 Å². The Morgan fingerprint density at radius 2 is 2.13 bits per heavy atom. The average Bonchev–Trinajstić information content (AvgIpc) is 2.55. The molecule has 1 aromatic heterocycles. The summed E-state index contributed by atoms with van der Waals surface area (Å²) in [7, 11) is 5.32. The quantitative estimate of drug-likeness (QED) is 0.903. The third-order valence-electron chi connectivity index (χ3n) is 4.75. The van der Waals surface area contributed by atoms with E-state index in [9.17, 15) is 0 Å². The van der Waals surface area contributed by atoms with Crippen molar-refractivity contribution in [3.05, 3.63) is 41.1 Å². The summed E-state index contributed by atoms with van der Waals surface area (Å²) in [5.41, 5.74) is 4.05. The van der Waals surface area contributed by atoms with E-state index in [0.717, 1.165) is 17.5 Å². The minimum Gasteiger partial charge on any atom is -0.481 e. The van der Waals surface area contributed by atoms with Crippen LogP contribution in [0.3, 0.4) is 0 Å². The van der Waals surface area contributed by atoms with Crippen LogP contribution in [0.25, 0.3) is 5.57 Å². The normalized spacial score (nSPS) is 22.9. The lowest BCUT2D eigenvalue weighted by Gasteiger charge is -2.40. The Labute approximate surface area is 137 Å². The van der Waals surface area contributed by atoms with Gasteiger partial charge in [0.25, 0.3) is 0 Å². The number of nitrogens with one attached hydrogen (secondary N) is 1. The van der Waals surface area contributed by atoms with Crippen LogP contribution in [0, 0.1) is 0 Å². The smallest absolute Gasteiger partial charge is 0.219 e.